The number of aryl methyl sites for hydroxylation is 1. The minimum Gasteiger partial charge on any atom is -0.489 e. The van der Waals surface area contributed by atoms with Crippen molar-refractivity contribution in [1.82, 2.24) is 9.97 Å². The molecule has 4 aromatic rings. The third-order valence-electron chi connectivity index (χ3n) is 8.15. The number of hydrogen-bond donors (Lipinski definition) is 0. The molecule has 0 fully saturated rings. The lowest BCUT2D eigenvalue weighted by Gasteiger charge is -2.35. The lowest BCUT2D eigenvalue weighted by atomic mass is 9.81. The number of carbonyl (C=O) groups excluding carboxylic acids is 1. The second-order valence-electron chi connectivity index (χ2n) is 13.6. The number of pyridine rings is 1. The van der Waals surface area contributed by atoms with Crippen molar-refractivity contribution in [2.24, 2.45) is 11.3 Å². The molecule has 0 aliphatic heterocycles. The van der Waals surface area contributed by atoms with Crippen LogP contribution in [0.3, 0.4) is 0 Å². The normalized spacial score (nSPS) is 16.0. The Morgan fingerprint density at radius 1 is 1.00 bits per heavy atom. The van der Waals surface area contributed by atoms with E-state index in [0.717, 1.165) is 22.4 Å². The van der Waals surface area contributed by atoms with Crippen molar-refractivity contribution < 1.29 is 31.3 Å². The van der Waals surface area contributed by atoms with Gasteiger partial charge in [0.15, 0.2) is 11.9 Å². The van der Waals surface area contributed by atoms with Crippen LogP contribution in [-0.2, 0) is 38.5 Å². The molecule has 9 nitrogen and oxygen atoms in total. The van der Waals surface area contributed by atoms with Crippen molar-refractivity contribution in [3.63, 3.8) is 0 Å². The van der Waals surface area contributed by atoms with E-state index in [2.05, 4.69) is 16.0 Å². The van der Waals surface area contributed by atoms with Crippen LogP contribution in [0.4, 0.5) is 0 Å². The Bertz CT molecular complexity index is 1780. The average Bonchev–Trinajstić information content (AvgIpc) is 3.51. The third-order valence-corrected chi connectivity index (χ3v) is 10.1. The Hall–Kier alpha value is -4.02. The van der Waals surface area contributed by atoms with Gasteiger partial charge < -0.3 is 13.9 Å². The summed E-state index contributed by atoms with van der Waals surface area (Å²) < 4.78 is 49.8. The highest BCUT2D eigenvalue weighted by atomic mass is 32.2. The van der Waals surface area contributed by atoms with Gasteiger partial charge in [0.25, 0.3) is 10.1 Å². The number of oxazole rings is 1. The van der Waals surface area contributed by atoms with E-state index in [1.165, 1.54) is 13.3 Å². The molecule has 1 aliphatic rings. The predicted molar refractivity (Wildman–Crippen MR) is 175 cm³/mol. The molecule has 2 atom stereocenters. The van der Waals surface area contributed by atoms with Crippen molar-refractivity contribution in [3.05, 3.63) is 101 Å². The first kappa shape index (κ1) is 33.3. The summed E-state index contributed by atoms with van der Waals surface area (Å²) in [4.78, 5) is 20.9. The minimum atomic E-state index is -4.08. The number of rotatable bonds is 11. The van der Waals surface area contributed by atoms with Crippen LogP contribution in [0.1, 0.15) is 86.6 Å². The van der Waals surface area contributed by atoms with Gasteiger partial charge in [0.05, 0.1) is 18.1 Å². The SMILES string of the molecule is COC(=O)c1cccc(-c2cnc(C(OS(=O)(=O)C(C)(C)CC(C)(C)C)C3CCc4cc(OCc5ccccc5)ccc4C3)o2)n1. The van der Waals surface area contributed by atoms with Crippen LogP contribution in [-0.4, -0.2) is 36.2 Å². The molecule has 0 radical (unpaired) electrons. The van der Waals surface area contributed by atoms with Crippen molar-refractivity contribution in [2.45, 2.75) is 77.8 Å². The molecular formula is C36H42N2O7S. The zero-order chi connectivity index (χ0) is 33.1. The zero-order valence-electron chi connectivity index (χ0n) is 27.3. The molecule has 2 heterocycles. The van der Waals surface area contributed by atoms with E-state index in [0.29, 0.717) is 38.0 Å². The Morgan fingerprint density at radius 3 is 2.48 bits per heavy atom. The van der Waals surface area contributed by atoms with Crippen molar-refractivity contribution >= 4 is 16.1 Å². The summed E-state index contributed by atoms with van der Waals surface area (Å²) in [5.41, 5.74) is 3.59. The number of ether oxygens (including phenoxy) is 2. The molecule has 2 aromatic heterocycles. The highest BCUT2D eigenvalue weighted by Crippen LogP contribution is 2.42. The number of esters is 1. The first-order chi connectivity index (χ1) is 21.7. The highest BCUT2D eigenvalue weighted by molar-refractivity contribution is 7.88. The first-order valence-electron chi connectivity index (χ1n) is 15.5. The molecule has 2 aromatic carbocycles. The number of carbonyl (C=O) groups is 1. The van der Waals surface area contributed by atoms with Gasteiger partial charge in [0.1, 0.15) is 23.7 Å². The van der Waals surface area contributed by atoms with Crippen LogP contribution in [0.25, 0.3) is 11.5 Å². The smallest absolute Gasteiger partial charge is 0.356 e. The van der Waals surface area contributed by atoms with Gasteiger partial charge in [-0.1, -0.05) is 63.2 Å². The summed E-state index contributed by atoms with van der Waals surface area (Å²) in [6.45, 7) is 9.89. The lowest BCUT2D eigenvalue weighted by molar-refractivity contribution is 0.0594. The van der Waals surface area contributed by atoms with Gasteiger partial charge >= 0.3 is 5.97 Å². The lowest BCUT2D eigenvalue weighted by Crippen LogP contribution is -2.39. The second kappa shape index (κ2) is 13.4. The van der Waals surface area contributed by atoms with Gasteiger partial charge in [-0.25, -0.2) is 14.8 Å². The maximum Gasteiger partial charge on any atom is 0.356 e. The fourth-order valence-corrected chi connectivity index (χ4v) is 7.51. The Kier molecular flexibility index (Phi) is 9.70. The van der Waals surface area contributed by atoms with Crippen LogP contribution in [0.15, 0.2) is 77.3 Å². The molecule has 0 saturated carbocycles. The summed E-state index contributed by atoms with van der Waals surface area (Å²) in [7, 11) is -2.80. The average molecular weight is 647 g/mol. The Balaban J connectivity index is 1.43. The van der Waals surface area contributed by atoms with E-state index in [1.54, 1.807) is 32.0 Å². The number of hydrogen-bond acceptors (Lipinski definition) is 9. The topological polar surface area (TPSA) is 118 Å². The number of fused-ring (bicyclic) bond motifs is 1. The third kappa shape index (κ3) is 7.85. The fourth-order valence-electron chi connectivity index (χ4n) is 6.13. The van der Waals surface area contributed by atoms with E-state index in [1.807, 2.05) is 63.2 Å². The fraction of sp³-hybridized carbons (Fsp3) is 0.417. The van der Waals surface area contributed by atoms with Gasteiger partial charge in [-0.2, -0.15) is 8.42 Å². The van der Waals surface area contributed by atoms with E-state index in [9.17, 15) is 13.2 Å². The van der Waals surface area contributed by atoms with Crippen molar-refractivity contribution in [3.8, 4) is 17.2 Å². The number of benzene rings is 2. The molecule has 0 amide bonds. The quantitative estimate of drug-likeness (QED) is 0.120. The van der Waals surface area contributed by atoms with Crippen molar-refractivity contribution in [2.75, 3.05) is 7.11 Å². The van der Waals surface area contributed by atoms with Crippen molar-refractivity contribution in [1.29, 1.82) is 0 Å². The maximum atomic E-state index is 13.9. The molecule has 5 rings (SSSR count). The van der Waals surface area contributed by atoms with E-state index >= 15 is 0 Å². The summed E-state index contributed by atoms with van der Waals surface area (Å²) in [6.07, 6.45) is 2.85. The van der Waals surface area contributed by atoms with Crippen LogP contribution < -0.4 is 4.74 Å². The van der Waals surface area contributed by atoms with Gasteiger partial charge in [-0.3, -0.25) is 4.18 Å². The summed E-state index contributed by atoms with van der Waals surface area (Å²) in [5, 5.41) is 0. The van der Waals surface area contributed by atoms with E-state index < -0.39 is 26.9 Å². The summed E-state index contributed by atoms with van der Waals surface area (Å²) in [5.74, 6) is 0.414. The number of methoxy groups -OCH3 is 1. The minimum absolute atomic E-state index is 0.119. The molecule has 46 heavy (non-hydrogen) atoms. The van der Waals surface area contributed by atoms with Crippen LogP contribution in [0.2, 0.25) is 0 Å². The Labute approximate surface area is 271 Å². The summed E-state index contributed by atoms with van der Waals surface area (Å²) in [6, 6.07) is 21.0. The molecule has 0 N–H and O–H groups in total. The number of nitrogens with zero attached hydrogens (tertiary/aromatic N) is 2. The van der Waals surface area contributed by atoms with E-state index in [-0.39, 0.29) is 28.7 Å². The van der Waals surface area contributed by atoms with Gasteiger partial charge in [-0.15, -0.1) is 0 Å². The van der Waals surface area contributed by atoms with Gasteiger partial charge in [0, 0.05) is 0 Å². The highest BCUT2D eigenvalue weighted by Gasteiger charge is 2.44. The molecule has 0 spiro atoms. The van der Waals surface area contributed by atoms with Crippen LogP contribution in [0.5, 0.6) is 5.75 Å². The van der Waals surface area contributed by atoms with E-state index in [4.69, 9.17) is 18.1 Å². The molecule has 10 heteroatoms. The Morgan fingerprint density at radius 2 is 1.76 bits per heavy atom. The molecule has 0 saturated heterocycles. The molecule has 1 aliphatic carbocycles. The number of aromatic nitrogens is 2. The van der Waals surface area contributed by atoms with Gasteiger partial charge in [0.2, 0.25) is 5.89 Å². The second-order valence-corrected chi connectivity index (χ2v) is 15.8. The summed E-state index contributed by atoms with van der Waals surface area (Å²) >= 11 is 0. The first-order valence-corrected chi connectivity index (χ1v) is 16.9. The van der Waals surface area contributed by atoms with Crippen LogP contribution >= 0.6 is 0 Å². The largest absolute Gasteiger partial charge is 0.489 e. The molecule has 244 valence electrons. The predicted octanol–water partition coefficient (Wildman–Crippen LogP) is 7.51. The standard InChI is InChI=1S/C36H42N2O7S/c1-35(2,3)23-36(4,5)46(40,41)45-32(33-37-21-31(44-33)29-13-10-14-30(38-29)34(39)42-6)27-16-15-26-20-28(18-17-25(26)19-27)43-22-24-11-8-7-9-12-24/h7-14,17-18,20-21,27,32H,15-16,19,22-23H2,1-6H3. The van der Waals surface area contributed by atoms with Crippen LogP contribution in [0, 0.1) is 11.3 Å². The molecular weight excluding hydrogens is 604 g/mol. The molecule has 0 bridgehead atoms. The van der Waals surface area contributed by atoms with Gasteiger partial charge in [-0.05, 0) is 91.8 Å². The zero-order valence-corrected chi connectivity index (χ0v) is 28.1. The monoisotopic (exact) mass is 646 g/mol. The maximum absolute atomic E-state index is 13.9. The molecule has 2 unspecified atom stereocenters.